The Labute approximate surface area is 152 Å². The molecule has 0 spiro atoms. The first kappa shape index (κ1) is 19.9. The third-order valence-electron chi connectivity index (χ3n) is 3.60. The maximum absolute atomic E-state index is 12.8. The highest BCUT2D eigenvalue weighted by molar-refractivity contribution is 7.89. The van der Waals surface area contributed by atoms with E-state index in [0.717, 1.165) is 0 Å². The SMILES string of the molecule is CC[C@@H](C)NS(=O)(=O)c1ccc(OCC(=O)Nc2ccc(F)cc2)cc1. The molecule has 0 fully saturated rings. The Morgan fingerprint density at radius 3 is 2.31 bits per heavy atom. The van der Waals surface area contributed by atoms with E-state index in [1.165, 1.54) is 48.5 Å². The summed E-state index contributed by atoms with van der Waals surface area (Å²) in [5.41, 5.74) is 0.456. The lowest BCUT2D eigenvalue weighted by molar-refractivity contribution is -0.118. The number of ether oxygens (including phenoxy) is 1. The molecule has 0 unspecified atom stereocenters. The van der Waals surface area contributed by atoms with Gasteiger partial charge in [-0.3, -0.25) is 4.79 Å². The van der Waals surface area contributed by atoms with Gasteiger partial charge in [-0.15, -0.1) is 0 Å². The van der Waals surface area contributed by atoms with Gasteiger partial charge in [-0.2, -0.15) is 0 Å². The fraction of sp³-hybridized carbons (Fsp3) is 0.278. The van der Waals surface area contributed by atoms with Gasteiger partial charge < -0.3 is 10.1 Å². The lowest BCUT2D eigenvalue weighted by Crippen LogP contribution is -2.31. The number of benzene rings is 2. The lowest BCUT2D eigenvalue weighted by atomic mass is 10.3. The smallest absolute Gasteiger partial charge is 0.262 e. The topological polar surface area (TPSA) is 84.5 Å². The zero-order chi connectivity index (χ0) is 19.2. The maximum atomic E-state index is 12.8. The number of sulfonamides is 1. The van der Waals surface area contributed by atoms with Gasteiger partial charge in [0.2, 0.25) is 10.0 Å². The summed E-state index contributed by atoms with van der Waals surface area (Å²) in [5, 5.41) is 2.57. The van der Waals surface area contributed by atoms with Crippen molar-refractivity contribution in [3.8, 4) is 5.75 Å². The largest absolute Gasteiger partial charge is 0.484 e. The first-order valence-electron chi connectivity index (χ1n) is 8.11. The van der Waals surface area contributed by atoms with Crippen molar-refractivity contribution in [2.75, 3.05) is 11.9 Å². The Bertz CT molecular complexity index is 836. The molecule has 8 heteroatoms. The number of amides is 1. The van der Waals surface area contributed by atoms with Crippen LogP contribution in [-0.2, 0) is 14.8 Å². The molecule has 0 aliphatic carbocycles. The molecule has 26 heavy (non-hydrogen) atoms. The summed E-state index contributed by atoms with van der Waals surface area (Å²) in [7, 11) is -3.58. The van der Waals surface area contributed by atoms with Gasteiger partial charge in [-0.05, 0) is 61.9 Å². The van der Waals surface area contributed by atoms with Gasteiger partial charge in [0, 0.05) is 11.7 Å². The second kappa shape index (κ2) is 8.77. The van der Waals surface area contributed by atoms with E-state index >= 15 is 0 Å². The molecule has 2 N–H and O–H groups in total. The summed E-state index contributed by atoms with van der Waals surface area (Å²) in [6.07, 6.45) is 0.684. The molecule has 0 saturated heterocycles. The van der Waals surface area contributed by atoms with Crippen LogP contribution in [0, 0.1) is 5.82 Å². The summed E-state index contributed by atoms with van der Waals surface area (Å²) in [4.78, 5) is 11.9. The number of hydrogen-bond acceptors (Lipinski definition) is 4. The molecular weight excluding hydrogens is 359 g/mol. The monoisotopic (exact) mass is 380 g/mol. The molecule has 140 valence electrons. The van der Waals surface area contributed by atoms with Crippen molar-refractivity contribution in [3.05, 3.63) is 54.3 Å². The van der Waals surface area contributed by atoms with Gasteiger partial charge >= 0.3 is 0 Å². The second-order valence-corrected chi connectivity index (χ2v) is 7.46. The van der Waals surface area contributed by atoms with E-state index in [4.69, 9.17) is 4.74 Å². The van der Waals surface area contributed by atoms with Crippen molar-refractivity contribution in [1.29, 1.82) is 0 Å². The second-order valence-electron chi connectivity index (χ2n) is 5.75. The third-order valence-corrected chi connectivity index (χ3v) is 5.21. The van der Waals surface area contributed by atoms with Gasteiger partial charge in [-0.1, -0.05) is 6.92 Å². The number of anilines is 1. The summed E-state index contributed by atoms with van der Waals surface area (Å²) < 4.78 is 45.0. The predicted molar refractivity (Wildman–Crippen MR) is 97.0 cm³/mol. The van der Waals surface area contributed by atoms with Crippen LogP contribution in [0.15, 0.2) is 53.4 Å². The quantitative estimate of drug-likeness (QED) is 0.737. The van der Waals surface area contributed by atoms with Gasteiger partial charge in [0.25, 0.3) is 5.91 Å². The number of hydrogen-bond donors (Lipinski definition) is 2. The van der Waals surface area contributed by atoms with Crippen molar-refractivity contribution >= 4 is 21.6 Å². The fourth-order valence-electron chi connectivity index (χ4n) is 2.01. The van der Waals surface area contributed by atoms with E-state index in [9.17, 15) is 17.6 Å². The van der Waals surface area contributed by atoms with E-state index in [1.807, 2.05) is 6.92 Å². The van der Waals surface area contributed by atoms with E-state index in [-0.39, 0.29) is 17.5 Å². The van der Waals surface area contributed by atoms with Crippen LogP contribution in [0.4, 0.5) is 10.1 Å². The summed E-state index contributed by atoms with van der Waals surface area (Å²) in [5.74, 6) is -0.439. The molecule has 2 aromatic carbocycles. The number of rotatable bonds is 8. The molecule has 2 rings (SSSR count). The average molecular weight is 380 g/mol. The standard InChI is InChI=1S/C18H21FN2O4S/c1-3-13(2)21-26(23,24)17-10-8-16(9-11-17)25-12-18(22)20-15-6-4-14(19)5-7-15/h4-11,13,21H,3,12H2,1-2H3,(H,20,22)/t13-/m1/s1. The van der Waals surface area contributed by atoms with Crippen molar-refractivity contribution < 1.29 is 22.3 Å². The van der Waals surface area contributed by atoms with Crippen LogP contribution in [0.25, 0.3) is 0 Å². The summed E-state index contributed by atoms with van der Waals surface area (Å²) in [6, 6.07) is 11.0. The van der Waals surface area contributed by atoms with E-state index in [2.05, 4.69) is 10.0 Å². The summed E-state index contributed by atoms with van der Waals surface area (Å²) >= 11 is 0. The summed E-state index contributed by atoms with van der Waals surface area (Å²) in [6.45, 7) is 3.42. The van der Waals surface area contributed by atoms with Crippen LogP contribution in [0.3, 0.4) is 0 Å². The van der Waals surface area contributed by atoms with Crippen LogP contribution in [-0.4, -0.2) is 27.0 Å². The molecule has 0 bridgehead atoms. The van der Waals surface area contributed by atoms with Crippen molar-refractivity contribution in [1.82, 2.24) is 4.72 Å². The highest BCUT2D eigenvalue weighted by Gasteiger charge is 2.16. The van der Waals surface area contributed by atoms with Gasteiger partial charge in [-0.25, -0.2) is 17.5 Å². The molecule has 2 aromatic rings. The number of halogens is 1. The van der Waals surface area contributed by atoms with E-state index in [0.29, 0.717) is 17.9 Å². The molecule has 0 heterocycles. The number of carbonyl (C=O) groups excluding carboxylic acids is 1. The number of carbonyl (C=O) groups is 1. The van der Waals surface area contributed by atoms with Crippen LogP contribution in [0.1, 0.15) is 20.3 Å². The molecule has 0 saturated carbocycles. The highest BCUT2D eigenvalue weighted by Crippen LogP contribution is 2.16. The van der Waals surface area contributed by atoms with Crippen molar-refractivity contribution in [2.24, 2.45) is 0 Å². The average Bonchev–Trinajstić information content (AvgIpc) is 2.62. The maximum Gasteiger partial charge on any atom is 0.262 e. The van der Waals surface area contributed by atoms with Gasteiger partial charge in [0.1, 0.15) is 11.6 Å². The Balaban J connectivity index is 1.90. The minimum atomic E-state index is -3.58. The molecule has 1 amide bonds. The highest BCUT2D eigenvalue weighted by atomic mass is 32.2. The molecular formula is C18H21FN2O4S. The van der Waals surface area contributed by atoms with Crippen molar-refractivity contribution in [3.63, 3.8) is 0 Å². The third kappa shape index (κ3) is 5.82. The van der Waals surface area contributed by atoms with Gasteiger partial charge in [0.05, 0.1) is 4.90 Å². The molecule has 6 nitrogen and oxygen atoms in total. The molecule has 1 atom stereocenters. The van der Waals surface area contributed by atoms with Gasteiger partial charge in [0.15, 0.2) is 6.61 Å². The van der Waals surface area contributed by atoms with Crippen LogP contribution in [0.5, 0.6) is 5.75 Å². The van der Waals surface area contributed by atoms with Crippen LogP contribution in [0.2, 0.25) is 0 Å². The first-order chi connectivity index (χ1) is 12.3. The van der Waals surface area contributed by atoms with Crippen LogP contribution >= 0.6 is 0 Å². The first-order valence-corrected chi connectivity index (χ1v) is 9.59. The van der Waals surface area contributed by atoms with Crippen LogP contribution < -0.4 is 14.8 Å². The molecule has 0 radical (unpaired) electrons. The zero-order valence-electron chi connectivity index (χ0n) is 14.5. The Morgan fingerprint density at radius 2 is 1.73 bits per heavy atom. The minimum Gasteiger partial charge on any atom is -0.484 e. The molecule has 0 aliphatic heterocycles. The Kier molecular flexibility index (Phi) is 6.70. The normalized spacial score (nSPS) is 12.4. The van der Waals surface area contributed by atoms with Crippen molar-refractivity contribution in [2.45, 2.75) is 31.2 Å². The van der Waals surface area contributed by atoms with E-state index < -0.39 is 21.7 Å². The zero-order valence-corrected chi connectivity index (χ0v) is 15.3. The minimum absolute atomic E-state index is 0.126. The number of nitrogens with one attached hydrogen (secondary N) is 2. The predicted octanol–water partition coefficient (Wildman–Crippen LogP) is 2.92. The Hall–Kier alpha value is -2.45. The lowest BCUT2D eigenvalue weighted by Gasteiger charge is -2.12. The van der Waals surface area contributed by atoms with E-state index in [1.54, 1.807) is 6.92 Å². The molecule has 0 aliphatic rings. The molecule has 0 aromatic heterocycles. The fourth-order valence-corrected chi connectivity index (χ4v) is 3.34. The Morgan fingerprint density at radius 1 is 1.12 bits per heavy atom.